The van der Waals surface area contributed by atoms with Gasteiger partial charge < -0.3 is 15.8 Å². The quantitative estimate of drug-likeness (QED) is 0.591. The van der Waals surface area contributed by atoms with E-state index in [1.165, 1.54) is 0 Å². The third-order valence-electron chi connectivity index (χ3n) is 2.34. The van der Waals surface area contributed by atoms with Gasteiger partial charge >= 0.3 is 0 Å². The molecule has 1 atom stereocenters. The van der Waals surface area contributed by atoms with Crippen LogP contribution in [0.1, 0.15) is 19.8 Å². The lowest BCUT2D eigenvalue weighted by atomic mass is 10.2. The van der Waals surface area contributed by atoms with Crippen LogP contribution in [-0.2, 0) is 4.79 Å². The summed E-state index contributed by atoms with van der Waals surface area (Å²) in [5.41, 5.74) is 6.20. The van der Waals surface area contributed by atoms with Crippen molar-refractivity contribution in [2.45, 2.75) is 25.8 Å². The summed E-state index contributed by atoms with van der Waals surface area (Å²) >= 11 is 0. The number of carbonyl (C=O) groups excluding carboxylic acids is 1. The molecule has 0 radical (unpaired) electrons. The Bertz CT molecular complexity index is 438. The third-order valence-corrected chi connectivity index (χ3v) is 2.34. The normalized spacial score (nSPS) is 11.3. The fourth-order valence-corrected chi connectivity index (χ4v) is 1.48. The minimum atomic E-state index is -0.230. The predicted molar refractivity (Wildman–Crippen MR) is 72.0 cm³/mol. The third kappa shape index (κ3) is 4.79. The van der Waals surface area contributed by atoms with Gasteiger partial charge in [-0.3, -0.25) is 4.79 Å². The monoisotopic (exact) mass is 246 g/mol. The molecule has 18 heavy (non-hydrogen) atoms. The van der Waals surface area contributed by atoms with E-state index in [9.17, 15) is 4.79 Å². The van der Waals surface area contributed by atoms with E-state index in [0.717, 1.165) is 12.8 Å². The van der Waals surface area contributed by atoms with Crippen molar-refractivity contribution in [3.63, 3.8) is 0 Å². The van der Waals surface area contributed by atoms with Crippen LogP contribution in [0.25, 0.3) is 0 Å². The van der Waals surface area contributed by atoms with E-state index < -0.39 is 0 Å². The van der Waals surface area contributed by atoms with E-state index in [2.05, 4.69) is 11.2 Å². The van der Waals surface area contributed by atoms with Gasteiger partial charge in [0.25, 0.3) is 5.91 Å². The Balaban J connectivity index is 2.39. The summed E-state index contributed by atoms with van der Waals surface area (Å²) in [5.74, 6) is 2.87. The number of terminal acetylenes is 1. The lowest BCUT2D eigenvalue weighted by molar-refractivity contribution is -0.123. The van der Waals surface area contributed by atoms with E-state index in [4.69, 9.17) is 16.9 Å². The zero-order chi connectivity index (χ0) is 13.4. The summed E-state index contributed by atoms with van der Waals surface area (Å²) in [6, 6.07) is 6.70. The minimum absolute atomic E-state index is 0.0641. The molecule has 96 valence electrons. The molecule has 1 unspecified atom stereocenters. The Morgan fingerprint density at radius 1 is 1.61 bits per heavy atom. The number of benzene rings is 1. The molecule has 3 N–H and O–H groups in total. The molecule has 0 bridgehead atoms. The van der Waals surface area contributed by atoms with Crippen LogP contribution in [0.4, 0.5) is 5.69 Å². The second-order valence-electron chi connectivity index (χ2n) is 3.94. The molecule has 0 aliphatic carbocycles. The van der Waals surface area contributed by atoms with Gasteiger partial charge in [-0.15, -0.1) is 6.42 Å². The Labute approximate surface area is 108 Å². The van der Waals surface area contributed by atoms with Gasteiger partial charge in [0.05, 0.1) is 6.04 Å². The van der Waals surface area contributed by atoms with E-state index in [-0.39, 0.29) is 18.6 Å². The number of ether oxygens (including phenoxy) is 1. The Morgan fingerprint density at radius 2 is 2.39 bits per heavy atom. The second kappa shape index (κ2) is 7.23. The maximum absolute atomic E-state index is 11.6. The van der Waals surface area contributed by atoms with Gasteiger partial charge in [-0.1, -0.05) is 25.3 Å². The molecule has 1 amide bonds. The number of nitrogens with one attached hydrogen (secondary N) is 1. The minimum Gasteiger partial charge on any atom is -0.484 e. The van der Waals surface area contributed by atoms with Crippen molar-refractivity contribution in [1.82, 2.24) is 5.32 Å². The van der Waals surface area contributed by atoms with E-state index in [1.807, 2.05) is 6.92 Å². The van der Waals surface area contributed by atoms with E-state index in [1.54, 1.807) is 24.3 Å². The second-order valence-corrected chi connectivity index (χ2v) is 3.94. The summed E-state index contributed by atoms with van der Waals surface area (Å²) in [6.45, 7) is 1.95. The molecule has 0 heterocycles. The number of nitrogens with two attached hydrogens (primary N) is 1. The Morgan fingerprint density at radius 3 is 3.00 bits per heavy atom. The molecular weight excluding hydrogens is 228 g/mol. The smallest absolute Gasteiger partial charge is 0.258 e. The van der Waals surface area contributed by atoms with Crippen molar-refractivity contribution in [1.29, 1.82) is 0 Å². The first-order valence-electron chi connectivity index (χ1n) is 5.89. The average molecular weight is 246 g/mol. The van der Waals surface area contributed by atoms with Crippen LogP contribution in [0, 0.1) is 12.3 Å². The van der Waals surface area contributed by atoms with Gasteiger partial charge in [0.15, 0.2) is 6.61 Å². The molecule has 0 aliphatic rings. The summed E-state index contributed by atoms with van der Waals surface area (Å²) in [4.78, 5) is 11.6. The van der Waals surface area contributed by atoms with Crippen molar-refractivity contribution in [2.24, 2.45) is 0 Å². The Kier molecular flexibility index (Phi) is 5.59. The van der Waals surface area contributed by atoms with Crippen LogP contribution in [0.5, 0.6) is 5.75 Å². The van der Waals surface area contributed by atoms with Gasteiger partial charge in [-0.25, -0.2) is 0 Å². The zero-order valence-corrected chi connectivity index (χ0v) is 10.5. The van der Waals surface area contributed by atoms with Crippen LogP contribution >= 0.6 is 0 Å². The maximum Gasteiger partial charge on any atom is 0.258 e. The summed E-state index contributed by atoms with van der Waals surface area (Å²) < 4.78 is 5.31. The van der Waals surface area contributed by atoms with Gasteiger partial charge in [0, 0.05) is 11.8 Å². The molecule has 0 aliphatic heterocycles. The molecule has 4 nitrogen and oxygen atoms in total. The van der Waals surface area contributed by atoms with Gasteiger partial charge in [0.2, 0.25) is 0 Å². The van der Waals surface area contributed by atoms with Gasteiger partial charge in [0.1, 0.15) is 5.75 Å². The largest absolute Gasteiger partial charge is 0.484 e. The summed E-state index contributed by atoms with van der Waals surface area (Å²) in [7, 11) is 0. The first kappa shape index (κ1) is 13.9. The van der Waals surface area contributed by atoms with Gasteiger partial charge in [-0.05, 0) is 18.6 Å². The molecule has 1 rings (SSSR count). The number of hydrogen-bond donors (Lipinski definition) is 2. The summed E-state index contributed by atoms with van der Waals surface area (Å²) in [6.07, 6.45) is 7.00. The van der Waals surface area contributed by atoms with Crippen molar-refractivity contribution >= 4 is 11.6 Å². The number of carbonyl (C=O) groups is 1. The number of hydrogen-bond acceptors (Lipinski definition) is 3. The van der Waals surface area contributed by atoms with E-state index in [0.29, 0.717) is 11.4 Å². The van der Waals surface area contributed by atoms with Crippen LogP contribution in [0.2, 0.25) is 0 Å². The maximum atomic E-state index is 11.6. The number of anilines is 1. The van der Waals surface area contributed by atoms with Gasteiger partial charge in [-0.2, -0.15) is 0 Å². The van der Waals surface area contributed by atoms with Crippen LogP contribution in [-0.4, -0.2) is 18.6 Å². The number of rotatable bonds is 6. The molecule has 0 saturated heterocycles. The molecule has 4 heteroatoms. The van der Waals surface area contributed by atoms with Crippen molar-refractivity contribution in [3.05, 3.63) is 24.3 Å². The molecule has 0 aromatic heterocycles. The average Bonchev–Trinajstić information content (AvgIpc) is 2.36. The molecule has 0 spiro atoms. The topological polar surface area (TPSA) is 64.3 Å². The van der Waals surface area contributed by atoms with Crippen molar-refractivity contribution in [2.75, 3.05) is 12.3 Å². The lowest BCUT2D eigenvalue weighted by Crippen LogP contribution is -2.36. The van der Waals surface area contributed by atoms with Crippen LogP contribution in [0.3, 0.4) is 0 Å². The van der Waals surface area contributed by atoms with Crippen LogP contribution < -0.4 is 15.8 Å². The highest BCUT2D eigenvalue weighted by Crippen LogP contribution is 2.14. The van der Waals surface area contributed by atoms with Crippen molar-refractivity contribution < 1.29 is 9.53 Å². The fourth-order valence-electron chi connectivity index (χ4n) is 1.48. The standard InChI is InChI=1S/C14H18N2O2/c1-3-6-12(4-2)16-14(17)10-18-13-8-5-7-11(15)9-13/h2,5,7-9,12H,3,6,10,15H2,1H3,(H,16,17). The first-order chi connectivity index (χ1) is 8.65. The highest BCUT2D eigenvalue weighted by atomic mass is 16.5. The van der Waals surface area contributed by atoms with Crippen molar-refractivity contribution in [3.8, 4) is 18.1 Å². The first-order valence-corrected chi connectivity index (χ1v) is 5.89. The molecular formula is C14H18N2O2. The number of amides is 1. The highest BCUT2D eigenvalue weighted by molar-refractivity contribution is 5.78. The molecule has 0 fully saturated rings. The molecule has 0 saturated carbocycles. The number of nitrogen functional groups attached to an aromatic ring is 1. The molecule has 1 aromatic rings. The van der Waals surface area contributed by atoms with E-state index >= 15 is 0 Å². The lowest BCUT2D eigenvalue weighted by Gasteiger charge is -2.12. The predicted octanol–water partition coefficient (Wildman–Crippen LogP) is 1.57. The fraction of sp³-hybridized carbons (Fsp3) is 0.357. The SMILES string of the molecule is C#CC(CCC)NC(=O)COc1cccc(N)c1. The van der Waals surface area contributed by atoms with Crippen LogP contribution in [0.15, 0.2) is 24.3 Å². The summed E-state index contributed by atoms with van der Waals surface area (Å²) in [5, 5.41) is 2.72. The zero-order valence-electron chi connectivity index (χ0n) is 10.5. The Hall–Kier alpha value is -2.15. The highest BCUT2D eigenvalue weighted by Gasteiger charge is 2.09. The molecule has 1 aromatic carbocycles.